The van der Waals surface area contributed by atoms with Gasteiger partial charge in [-0.15, -0.1) is 0 Å². The van der Waals surface area contributed by atoms with E-state index >= 15 is 0 Å². The van der Waals surface area contributed by atoms with E-state index in [1.807, 2.05) is 36.4 Å². The van der Waals surface area contributed by atoms with Crippen LogP contribution in [0, 0.1) is 5.92 Å². The number of nitrogens with zero attached hydrogens (tertiary/aromatic N) is 4. The summed E-state index contributed by atoms with van der Waals surface area (Å²) in [6.45, 7) is 3.15. The summed E-state index contributed by atoms with van der Waals surface area (Å²) in [6.07, 6.45) is 3.21. The topological polar surface area (TPSA) is 127 Å². The highest BCUT2D eigenvalue weighted by Gasteiger charge is 2.24. The smallest absolute Gasteiger partial charge is 0.182 e. The number of sulfone groups is 1. The predicted molar refractivity (Wildman–Crippen MR) is 150 cm³/mol. The number of rotatable bonds is 8. The number of benzene rings is 2. The minimum atomic E-state index is -3.68. The first kappa shape index (κ1) is 26.6. The summed E-state index contributed by atoms with van der Waals surface area (Å²) in [7, 11) is -0.418. The summed E-state index contributed by atoms with van der Waals surface area (Å²) in [5.74, 6) is 2.01. The molecule has 2 N–H and O–H groups in total. The molecule has 10 nitrogen and oxygen atoms in total. The quantitative estimate of drug-likeness (QED) is 0.337. The molecule has 4 aromatic rings. The van der Waals surface area contributed by atoms with E-state index in [1.54, 1.807) is 39.7 Å². The van der Waals surface area contributed by atoms with Crippen molar-refractivity contribution in [2.45, 2.75) is 18.4 Å². The van der Waals surface area contributed by atoms with Crippen LogP contribution in [0.3, 0.4) is 0 Å². The summed E-state index contributed by atoms with van der Waals surface area (Å²) in [6, 6.07) is 13.2. The maximum absolute atomic E-state index is 13.2. The molecule has 11 heteroatoms. The van der Waals surface area contributed by atoms with E-state index in [-0.39, 0.29) is 23.1 Å². The molecule has 1 unspecified atom stereocenters. The van der Waals surface area contributed by atoms with Crippen LogP contribution < -0.4 is 19.7 Å². The number of pyridine rings is 1. The van der Waals surface area contributed by atoms with Crippen LogP contribution in [-0.2, 0) is 16.4 Å². The normalized spacial score (nSPS) is 14.3. The number of hydrogen-bond acceptors (Lipinski definition) is 10. The lowest BCUT2D eigenvalue weighted by molar-refractivity contribution is 0.249. The molecule has 5 rings (SSSR count). The van der Waals surface area contributed by atoms with Gasteiger partial charge in [0.2, 0.25) is 0 Å². The van der Waals surface area contributed by atoms with Gasteiger partial charge in [0, 0.05) is 49.0 Å². The standard InChI is InChI=1S/C28H31N5O5S/c1-18(15-34)16-39(35,36)26-11-20(13-30-27(26)29-2)19-4-7-25-21(10-19)14-33(8-9-38-25)28-23-6-5-22(37-3)12-24(23)31-17-32-28/h4-7,10-13,17-18,34H,8-9,14-16H2,1-3H3,(H,29,30). The second-order valence-corrected chi connectivity index (χ2v) is 11.6. The molecule has 0 amide bonds. The number of nitrogens with one attached hydrogen (secondary N) is 1. The summed E-state index contributed by atoms with van der Waals surface area (Å²) in [4.78, 5) is 15.7. The van der Waals surface area contributed by atoms with Gasteiger partial charge in [0.25, 0.3) is 0 Å². The highest BCUT2D eigenvalue weighted by atomic mass is 32.2. The molecule has 2 aromatic carbocycles. The van der Waals surface area contributed by atoms with Crippen molar-refractivity contribution in [2.24, 2.45) is 5.92 Å². The van der Waals surface area contributed by atoms with Gasteiger partial charge >= 0.3 is 0 Å². The fraction of sp³-hybridized carbons (Fsp3) is 0.321. The molecule has 0 aliphatic carbocycles. The number of anilines is 2. The molecular weight excluding hydrogens is 518 g/mol. The van der Waals surface area contributed by atoms with Crippen molar-refractivity contribution in [3.05, 3.63) is 60.6 Å². The summed E-state index contributed by atoms with van der Waals surface area (Å²) in [5.41, 5.74) is 3.22. The Hall–Kier alpha value is -3.96. The Labute approximate surface area is 227 Å². The number of aliphatic hydroxyl groups excluding tert-OH is 1. The molecule has 204 valence electrons. The molecule has 1 aliphatic rings. The third-order valence-corrected chi connectivity index (χ3v) is 8.73. The SMILES string of the molecule is CNc1ncc(-c2ccc3c(c2)CN(c2ncnc4cc(OC)ccc24)CCO3)cc1S(=O)(=O)CC(C)CO. The van der Waals surface area contributed by atoms with Gasteiger partial charge in [-0.05, 0) is 41.8 Å². The van der Waals surface area contributed by atoms with Crippen LogP contribution in [0.2, 0.25) is 0 Å². The van der Waals surface area contributed by atoms with E-state index in [9.17, 15) is 13.5 Å². The van der Waals surface area contributed by atoms with E-state index in [0.717, 1.165) is 39.3 Å². The van der Waals surface area contributed by atoms with Crippen LogP contribution >= 0.6 is 0 Å². The highest BCUT2D eigenvalue weighted by Crippen LogP contribution is 2.34. The van der Waals surface area contributed by atoms with Crippen molar-refractivity contribution in [1.29, 1.82) is 0 Å². The first-order valence-corrected chi connectivity index (χ1v) is 14.3. The van der Waals surface area contributed by atoms with Crippen LogP contribution in [0.5, 0.6) is 11.5 Å². The fourth-order valence-corrected chi connectivity index (χ4v) is 6.49. The lowest BCUT2D eigenvalue weighted by Gasteiger charge is -2.22. The van der Waals surface area contributed by atoms with Gasteiger partial charge in [-0.2, -0.15) is 0 Å². The number of methoxy groups -OCH3 is 1. The Morgan fingerprint density at radius 3 is 2.74 bits per heavy atom. The average Bonchev–Trinajstić information content (AvgIpc) is 3.17. The van der Waals surface area contributed by atoms with Gasteiger partial charge in [0.15, 0.2) is 9.84 Å². The Morgan fingerprint density at radius 1 is 1.13 bits per heavy atom. The van der Waals surface area contributed by atoms with Gasteiger partial charge in [-0.1, -0.05) is 13.0 Å². The summed E-state index contributed by atoms with van der Waals surface area (Å²) in [5, 5.41) is 13.2. The largest absolute Gasteiger partial charge is 0.497 e. The third-order valence-electron chi connectivity index (χ3n) is 6.74. The number of fused-ring (bicyclic) bond motifs is 2. The van der Waals surface area contributed by atoms with Crippen molar-refractivity contribution in [1.82, 2.24) is 15.0 Å². The van der Waals surface area contributed by atoms with Crippen LogP contribution in [0.4, 0.5) is 11.6 Å². The van der Waals surface area contributed by atoms with E-state index < -0.39 is 15.8 Å². The monoisotopic (exact) mass is 549 g/mol. The zero-order chi connectivity index (χ0) is 27.6. The predicted octanol–water partition coefficient (Wildman–Crippen LogP) is 3.54. The van der Waals surface area contributed by atoms with Crippen molar-refractivity contribution in [3.63, 3.8) is 0 Å². The Balaban J connectivity index is 1.51. The molecule has 0 bridgehead atoms. The second-order valence-electron chi connectivity index (χ2n) is 9.56. The van der Waals surface area contributed by atoms with Crippen molar-refractivity contribution in [3.8, 4) is 22.6 Å². The molecule has 39 heavy (non-hydrogen) atoms. The highest BCUT2D eigenvalue weighted by molar-refractivity contribution is 7.91. The van der Waals surface area contributed by atoms with Crippen LogP contribution in [0.15, 0.2) is 59.9 Å². The molecule has 1 atom stereocenters. The molecule has 0 spiro atoms. The van der Waals surface area contributed by atoms with E-state index in [1.165, 1.54) is 0 Å². The van der Waals surface area contributed by atoms with E-state index in [0.29, 0.717) is 25.3 Å². The molecule has 0 fully saturated rings. The van der Waals surface area contributed by atoms with Gasteiger partial charge in [0.05, 0.1) is 24.9 Å². The number of aliphatic hydroxyl groups is 1. The average molecular weight is 550 g/mol. The molecule has 3 heterocycles. The maximum atomic E-state index is 13.2. The van der Waals surface area contributed by atoms with E-state index in [4.69, 9.17) is 9.47 Å². The zero-order valence-electron chi connectivity index (χ0n) is 22.1. The Kier molecular flexibility index (Phi) is 7.53. The fourth-order valence-electron chi connectivity index (χ4n) is 4.70. The number of aromatic nitrogens is 3. The molecule has 0 saturated carbocycles. The third kappa shape index (κ3) is 5.45. The zero-order valence-corrected chi connectivity index (χ0v) is 22.9. The Bertz CT molecular complexity index is 1610. The summed E-state index contributed by atoms with van der Waals surface area (Å²) < 4.78 is 37.7. The van der Waals surface area contributed by atoms with E-state index in [2.05, 4.69) is 25.2 Å². The van der Waals surface area contributed by atoms with Crippen molar-refractivity contribution < 1.29 is 23.0 Å². The first-order valence-electron chi connectivity index (χ1n) is 12.6. The molecule has 0 radical (unpaired) electrons. The first-order chi connectivity index (χ1) is 18.8. The van der Waals surface area contributed by atoms with Crippen LogP contribution in [0.25, 0.3) is 22.0 Å². The minimum absolute atomic E-state index is 0.110. The number of hydrogen-bond donors (Lipinski definition) is 2. The van der Waals surface area contributed by atoms with Crippen LogP contribution in [0.1, 0.15) is 12.5 Å². The summed E-state index contributed by atoms with van der Waals surface area (Å²) >= 11 is 0. The van der Waals surface area contributed by atoms with Gasteiger partial charge in [0.1, 0.15) is 41.0 Å². The van der Waals surface area contributed by atoms with Crippen molar-refractivity contribution in [2.75, 3.05) is 49.9 Å². The van der Waals surface area contributed by atoms with Gasteiger partial charge in [-0.25, -0.2) is 23.4 Å². The van der Waals surface area contributed by atoms with Gasteiger partial charge in [-0.3, -0.25) is 0 Å². The minimum Gasteiger partial charge on any atom is -0.497 e. The lowest BCUT2D eigenvalue weighted by atomic mass is 10.0. The molecule has 2 aromatic heterocycles. The number of ether oxygens (including phenoxy) is 2. The lowest BCUT2D eigenvalue weighted by Crippen LogP contribution is -2.26. The van der Waals surface area contributed by atoms with Crippen molar-refractivity contribution >= 4 is 32.4 Å². The molecular formula is C28H31N5O5S. The second kappa shape index (κ2) is 11.0. The Morgan fingerprint density at radius 2 is 1.97 bits per heavy atom. The molecule has 0 saturated heterocycles. The van der Waals surface area contributed by atoms with Gasteiger partial charge < -0.3 is 24.8 Å². The van der Waals surface area contributed by atoms with Crippen LogP contribution in [-0.4, -0.2) is 68.1 Å². The molecule has 1 aliphatic heterocycles. The maximum Gasteiger partial charge on any atom is 0.182 e.